The summed E-state index contributed by atoms with van der Waals surface area (Å²) in [5, 5.41) is 28.7. The SMILES string of the molecule is CCC/C=C/C(=O)Cc1cc(O)cc(O)c1C(=O)OCCC(C)O. The molecule has 0 bridgehead atoms. The van der Waals surface area contributed by atoms with Crippen molar-refractivity contribution in [1.29, 1.82) is 0 Å². The van der Waals surface area contributed by atoms with E-state index < -0.39 is 17.8 Å². The van der Waals surface area contributed by atoms with E-state index in [9.17, 15) is 24.9 Å². The maximum Gasteiger partial charge on any atom is 0.342 e. The summed E-state index contributed by atoms with van der Waals surface area (Å²) in [6, 6.07) is 2.28. The van der Waals surface area contributed by atoms with Gasteiger partial charge in [-0.2, -0.15) is 0 Å². The van der Waals surface area contributed by atoms with Crippen molar-refractivity contribution in [2.75, 3.05) is 6.61 Å². The zero-order valence-corrected chi connectivity index (χ0v) is 14.0. The summed E-state index contributed by atoms with van der Waals surface area (Å²) in [4.78, 5) is 24.1. The van der Waals surface area contributed by atoms with E-state index >= 15 is 0 Å². The molecule has 3 N–H and O–H groups in total. The van der Waals surface area contributed by atoms with E-state index in [1.807, 2.05) is 6.92 Å². The lowest BCUT2D eigenvalue weighted by atomic mass is 10.00. The van der Waals surface area contributed by atoms with E-state index in [0.717, 1.165) is 18.9 Å². The Labute approximate surface area is 141 Å². The number of phenolic OH excluding ortho intramolecular Hbond substituents is 2. The number of carbonyl (C=O) groups is 2. The van der Waals surface area contributed by atoms with E-state index in [2.05, 4.69) is 0 Å². The van der Waals surface area contributed by atoms with Crippen molar-refractivity contribution < 1.29 is 29.6 Å². The van der Waals surface area contributed by atoms with Gasteiger partial charge in [-0.05, 0) is 31.1 Å². The second-order valence-corrected chi connectivity index (χ2v) is 5.61. The van der Waals surface area contributed by atoms with Crippen molar-refractivity contribution in [3.05, 3.63) is 35.4 Å². The molecule has 0 aliphatic rings. The normalized spacial score (nSPS) is 12.3. The number of aromatic hydroxyl groups is 2. The molecule has 1 atom stereocenters. The van der Waals surface area contributed by atoms with Gasteiger partial charge in [0.05, 0.1) is 12.7 Å². The molecule has 0 spiro atoms. The van der Waals surface area contributed by atoms with Crippen LogP contribution in [0.25, 0.3) is 0 Å². The Bertz CT molecular complexity index is 604. The van der Waals surface area contributed by atoms with E-state index in [0.29, 0.717) is 0 Å². The molecule has 0 aliphatic carbocycles. The van der Waals surface area contributed by atoms with Crippen molar-refractivity contribution in [3.8, 4) is 11.5 Å². The van der Waals surface area contributed by atoms with Gasteiger partial charge in [0.15, 0.2) is 5.78 Å². The number of aliphatic hydroxyl groups is 1. The Balaban J connectivity index is 2.94. The van der Waals surface area contributed by atoms with E-state index in [4.69, 9.17) is 4.74 Å². The van der Waals surface area contributed by atoms with Crippen LogP contribution in [0.3, 0.4) is 0 Å². The molecule has 0 radical (unpaired) electrons. The summed E-state index contributed by atoms with van der Waals surface area (Å²) in [6.45, 7) is 3.54. The summed E-state index contributed by atoms with van der Waals surface area (Å²) >= 11 is 0. The first-order valence-electron chi connectivity index (χ1n) is 7.94. The standard InChI is InChI=1S/C18H24O6/c1-3-4-5-6-14(20)9-13-10-15(21)11-16(22)17(13)18(23)24-8-7-12(2)19/h5-6,10-12,19,21-22H,3-4,7-9H2,1-2H3/b6-5+. The number of ketones is 1. The molecule has 0 fully saturated rings. The number of hydrogen-bond acceptors (Lipinski definition) is 6. The Morgan fingerprint density at radius 3 is 2.62 bits per heavy atom. The third-order valence-corrected chi connectivity index (χ3v) is 3.28. The van der Waals surface area contributed by atoms with Gasteiger partial charge < -0.3 is 20.1 Å². The molecule has 1 aromatic rings. The van der Waals surface area contributed by atoms with Crippen molar-refractivity contribution in [1.82, 2.24) is 0 Å². The Morgan fingerprint density at radius 2 is 2.00 bits per heavy atom. The average molecular weight is 336 g/mol. The number of benzene rings is 1. The van der Waals surface area contributed by atoms with Crippen LogP contribution in [0.5, 0.6) is 11.5 Å². The highest BCUT2D eigenvalue weighted by atomic mass is 16.5. The molecule has 0 amide bonds. The van der Waals surface area contributed by atoms with Crippen molar-refractivity contribution in [2.45, 2.75) is 45.6 Å². The highest BCUT2D eigenvalue weighted by molar-refractivity contribution is 5.98. The van der Waals surface area contributed by atoms with Crippen LogP contribution in [0.15, 0.2) is 24.3 Å². The van der Waals surface area contributed by atoms with Gasteiger partial charge in [0.25, 0.3) is 0 Å². The van der Waals surface area contributed by atoms with Crippen LogP contribution in [0.1, 0.15) is 49.0 Å². The molecule has 0 aromatic heterocycles. The monoisotopic (exact) mass is 336 g/mol. The van der Waals surface area contributed by atoms with Gasteiger partial charge in [0.1, 0.15) is 17.1 Å². The number of esters is 1. The van der Waals surface area contributed by atoms with Crippen LogP contribution >= 0.6 is 0 Å². The Morgan fingerprint density at radius 1 is 1.29 bits per heavy atom. The molecule has 0 heterocycles. The number of ether oxygens (including phenoxy) is 1. The molecule has 1 aromatic carbocycles. The molecule has 24 heavy (non-hydrogen) atoms. The van der Waals surface area contributed by atoms with Crippen LogP contribution in [-0.2, 0) is 16.0 Å². The third-order valence-electron chi connectivity index (χ3n) is 3.28. The van der Waals surface area contributed by atoms with Gasteiger partial charge in [-0.25, -0.2) is 4.79 Å². The number of allylic oxidation sites excluding steroid dienone is 2. The summed E-state index contributed by atoms with van der Waals surface area (Å²) < 4.78 is 5.01. The first-order chi connectivity index (χ1) is 11.3. The van der Waals surface area contributed by atoms with Gasteiger partial charge >= 0.3 is 5.97 Å². The quantitative estimate of drug-likeness (QED) is 0.473. The van der Waals surface area contributed by atoms with E-state index in [1.165, 1.54) is 12.1 Å². The van der Waals surface area contributed by atoms with Crippen LogP contribution in [-0.4, -0.2) is 39.8 Å². The summed E-state index contributed by atoms with van der Waals surface area (Å²) in [6.07, 6.45) is 4.36. The zero-order valence-electron chi connectivity index (χ0n) is 14.0. The van der Waals surface area contributed by atoms with Gasteiger partial charge in [-0.15, -0.1) is 0 Å². The Kier molecular flexibility index (Phi) is 7.98. The summed E-state index contributed by atoms with van der Waals surface area (Å²) in [7, 11) is 0. The van der Waals surface area contributed by atoms with Crippen LogP contribution in [0.4, 0.5) is 0 Å². The number of unbranched alkanes of at least 4 members (excludes halogenated alkanes) is 1. The molecule has 0 saturated carbocycles. The van der Waals surface area contributed by atoms with Gasteiger partial charge in [0, 0.05) is 18.9 Å². The number of carbonyl (C=O) groups excluding carboxylic acids is 2. The first kappa shape index (κ1) is 19.7. The van der Waals surface area contributed by atoms with Gasteiger partial charge in [-0.1, -0.05) is 19.4 Å². The molecular formula is C18H24O6. The number of phenols is 2. The van der Waals surface area contributed by atoms with E-state index in [-0.39, 0.29) is 42.1 Å². The molecule has 6 heteroatoms. The van der Waals surface area contributed by atoms with E-state index in [1.54, 1.807) is 13.0 Å². The minimum absolute atomic E-state index is 0.0133. The largest absolute Gasteiger partial charge is 0.508 e. The maximum absolute atomic E-state index is 12.1. The van der Waals surface area contributed by atoms with Crippen LogP contribution in [0, 0.1) is 0 Å². The average Bonchev–Trinajstić information content (AvgIpc) is 2.46. The van der Waals surface area contributed by atoms with Crippen molar-refractivity contribution in [2.24, 2.45) is 0 Å². The summed E-state index contributed by atoms with van der Waals surface area (Å²) in [5.41, 5.74) is 0.0522. The lowest BCUT2D eigenvalue weighted by Gasteiger charge is -2.12. The first-order valence-corrected chi connectivity index (χ1v) is 7.94. The minimum Gasteiger partial charge on any atom is -0.508 e. The zero-order chi connectivity index (χ0) is 18.1. The lowest BCUT2D eigenvalue weighted by molar-refractivity contribution is -0.114. The molecule has 0 saturated heterocycles. The summed E-state index contributed by atoms with van der Waals surface area (Å²) in [5.74, 6) is -1.73. The molecule has 6 nitrogen and oxygen atoms in total. The van der Waals surface area contributed by atoms with Crippen molar-refractivity contribution in [3.63, 3.8) is 0 Å². The Hall–Kier alpha value is -2.34. The molecule has 1 rings (SSSR count). The molecule has 132 valence electrons. The van der Waals surface area contributed by atoms with Gasteiger partial charge in [-0.3, -0.25) is 4.79 Å². The minimum atomic E-state index is -0.798. The predicted molar refractivity (Wildman–Crippen MR) is 89.1 cm³/mol. The maximum atomic E-state index is 12.1. The fraction of sp³-hybridized carbons (Fsp3) is 0.444. The number of hydrogen-bond donors (Lipinski definition) is 3. The second kappa shape index (κ2) is 9.72. The highest BCUT2D eigenvalue weighted by Gasteiger charge is 2.20. The highest BCUT2D eigenvalue weighted by Crippen LogP contribution is 2.28. The van der Waals surface area contributed by atoms with Crippen LogP contribution < -0.4 is 0 Å². The van der Waals surface area contributed by atoms with Gasteiger partial charge in [0.2, 0.25) is 0 Å². The fourth-order valence-electron chi connectivity index (χ4n) is 2.07. The number of rotatable bonds is 9. The number of aliphatic hydroxyl groups excluding tert-OH is 1. The molecule has 0 aliphatic heterocycles. The fourth-order valence-corrected chi connectivity index (χ4v) is 2.07. The molecular weight excluding hydrogens is 312 g/mol. The lowest BCUT2D eigenvalue weighted by Crippen LogP contribution is -2.14. The van der Waals surface area contributed by atoms with Crippen LogP contribution in [0.2, 0.25) is 0 Å². The third kappa shape index (κ3) is 6.42. The van der Waals surface area contributed by atoms with Crippen molar-refractivity contribution >= 4 is 11.8 Å². The smallest absolute Gasteiger partial charge is 0.342 e. The topological polar surface area (TPSA) is 104 Å². The predicted octanol–water partition coefficient (Wildman–Crippen LogP) is 2.49. The second-order valence-electron chi connectivity index (χ2n) is 5.61. The molecule has 1 unspecified atom stereocenters.